The molecule has 2 heteroatoms. The largest absolute Gasteiger partial charge is 0.347 e. The van der Waals surface area contributed by atoms with Gasteiger partial charge in [-0.2, -0.15) is 0 Å². The van der Waals surface area contributed by atoms with E-state index in [1.165, 1.54) is 21.9 Å². The molecule has 1 aliphatic heterocycles. The highest BCUT2D eigenvalue weighted by atomic mass is 16.1. The van der Waals surface area contributed by atoms with Crippen molar-refractivity contribution in [2.24, 2.45) is 0 Å². The Morgan fingerprint density at radius 1 is 1.17 bits per heavy atom. The number of carbonyl (C=O) groups is 1. The van der Waals surface area contributed by atoms with Gasteiger partial charge >= 0.3 is 0 Å². The van der Waals surface area contributed by atoms with E-state index in [4.69, 9.17) is 0 Å². The van der Waals surface area contributed by atoms with Gasteiger partial charge in [-0.3, -0.25) is 4.79 Å². The summed E-state index contributed by atoms with van der Waals surface area (Å²) in [5.74, 6) is 0.0510. The molecule has 0 saturated heterocycles. The topological polar surface area (TPSA) is 29.1 Å². The van der Waals surface area contributed by atoms with Crippen LogP contribution in [-0.2, 0) is 6.42 Å². The first kappa shape index (κ1) is 11.3. The maximum Gasteiger partial charge on any atom is 0.252 e. The molecule has 0 bridgehead atoms. The smallest absolute Gasteiger partial charge is 0.252 e. The Hall–Kier alpha value is -1.83. The van der Waals surface area contributed by atoms with Crippen molar-refractivity contribution in [2.75, 3.05) is 0 Å². The van der Waals surface area contributed by atoms with Crippen molar-refractivity contribution < 1.29 is 4.79 Å². The third-order valence-corrected chi connectivity index (χ3v) is 3.68. The van der Waals surface area contributed by atoms with E-state index in [1.807, 2.05) is 12.1 Å². The molecule has 0 atom stereocenters. The van der Waals surface area contributed by atoms with Crippen LogP contribution in [0, 0.1) is 6.92 Å². The molecule has 0 aromatic heterocycles. The molecule has 0 saturated carbocycles. The van der Waals surface area contributed by atoms with Gasteiger partial charge in [-0.15, -0.1) is 0 Å². The van der Waals surface area contributed by atoms with Gasteiger partial charge < -0.3 is 5.32 Å². The Kier molecular flexibility index (Phi) is 2.24. The van der Waals surface area contributed by atoms with Gasteiger partial charge in [0.25, 0.3) is 5.91 Å². The van der Waals surface area contributed by atoms with Crippen molar-refractivity contribution in [3.63, 3.8) is 0 Å². The maximum atomic E-state index is 12.2. The van der Waals surface area contributed by atoms with Crippen molar-refractivity contribution in [2.45, 2.75) is 32.7 Å². The van der Waals surface area contributed by atoms with Gasteiger partial charge in [0.1, 0.15) is 0 Å². The van der Waals surface area contributed by atoms with Gasteiger partial charge in [0.2, 0.25) is 0 Å². The zero-order chi connectivity index (χ0) is 12.9. The normalized spacial score (nSPS) is 17.4. The molecule has 1 amide bonds. The highest BCUT2D eigenvalue weighted by Crippen LogP contribution is 2.31. The molecule has 0 radical (unpaired) electrons. The number of aryl methyl sites for hydroxylation is 1. The standard InChI is InChI=1S/C16H17NO/c1-10-8-13-14(9-16(2,3)17-15(13)18)12-7-5-4-6-11(10)12/h4-8H,9H2,1-3H3,(H,17,18). The van der Waals surface area contributed by atoms with Crippen molar-refractivity contribution in [1.82, 2.24) is 5.32 Å². The average Bonchev–Trinajstić information content (AvgIpc) is 2.31. The maximum absolute atomic E-state index is 12.2. The summed E-state index contributed by atoms with van der Waals surface area (Å²) in [4.78, 5) is 12.2. The number of fused-ring (bicyclic) bond motifs is 3. The molecule has 2 aromatic rings. The fourth-order valence-electron chi connectivity index (χ4n) is 2.87. The van der Waals surface area contributed by atoms with Crippen LogP contribution in [0.3, 0.4) is 0 Å². The van der Waals surface area contributed by atoms with Crippen molar-refractivity contribution in [3.05, 3.63) is 47.0 Å². The fraction of sp³-hybridized carbons (Fsp3) is 0.312. The second kappa shape index (κ2) is 3.58. The fourth-order valence-corrected chi connectivity index (χ4v) is 2.87. The molecule has 0 fully saturated rings. The van der Waals surface area contributed by atoms with Gasteiger partial charge in [0, 0.05) is 11.1 Å². The summed E-state index contributed by atoms with van der Waals surface area (Å²) in [5.41, 5.74) is 3.02. The monoisotopic (exact) mass is 239 g/mol. The lowest BCUT2D eigenvalue weighted by molar-refractivity contribution is 0.0897. The number of carbonyl (C=O) groups excluding carboxylic acids is 1. The lowest BCUT2D eigenvalue weighted by atomic mass is 9.83. The third-order valence-electron chi connectivity index (χ3n) is 3.68. The Morgan fingerprint density at radius 3 is 2.56 bits per heavy atom. The minimum Gasteiger partial charge on any atom is -0.347 e. The van der Waals surface area contributed by atoms with E-state index >= 15 is 0 Å². The molecular weight excluding hydrogens is 222 g/mol. The Labute approximate surface area is 107 Å². The van der Waals surface area contributed by atoms with Crippen LogP contribution in [0.4, 0.5) is 0 Å². The number of hydrogen-bond acceptors (Lipinski definition) is 1. The van der Waals surface area contributed by atoms with Crippen LogP contribution in [-0.4, -0.2) is 11.4 Å². The lowest BCUT2D eigenvalue weighted by Crippen LogP contribution is -2.49. The second-order valence-electron chi connectivity index (χ2n) is 5.78. The number of hydrogen-bond donors (Lipinski definition) is 1. The molecule has 18 heavy (non-hydrogen) atoms. The van der Waals surface area contributed by atoms with Crippen LogP contribution >= 0.6 is 0 Å². The molecule has 1 aliphatic rings. The quantitative estimate of drug-likeness (QED) is 0.751. The molecule has 2 aromatic carbocycles. The predicted octanol–water partition coefficient (Wildman–Crippen LogP) is 3.21. The number of amides is 1. The second-order valence-corrected chi connectivity index (χ2v) is 5.78. The van der Waals surface area contributed by atoms with Gasteiger partial charge in [-0.05, 0) is 55.2 Å². The van der Waals surface area contributed by atoms with Gasteiger partial charge in [0.05, 0.1) is 0 Å². The third kappa shape index (κ3) is 1.60. The molecule has 1 heterocycles. The first-order chi connectivity index (χ1) is 8.48. The number of nitrogens with one attached hydrogen (secondary N) is 1. The van der Waals surface area contributed by atoms with E-state index in [-0.39, 0.29) is 11.4 Å². The van der Waals surface area contributed by atoms with Gasteiger partial charge in [-0.25, -0.2) is 0 Å². The number of benzene rings is 2. The highest BCUT2D eigenvalue weighted by molar-refractivity contribution is 6.04. The summed E-state index contributed by atoms with van der Waals surface area (Å²) in [6.45, 7) is 6.21. The van der Waals surface area contributed by atoms with E-state index in [0.29, 0.717) is 0 Å². The van der Waals surface area contributed by atoms with Crippen molar-refractivity contribution >= 4 is 16.7 Å². The molecule has 2 nitrogen and oxygen atoms in total. The molecular formula is C16H17NO. The molecule has 0 unspecified atom stereocenters. The van der Waals surface area contributed by atoms with Crippen LogP contribution in [0.25, 0.3) is 10.8 Å². The Bertz CT molecular complexity index is 655. The summed E-state index contributed by atoms with van der Waals surface area (Å²) < 4.78 is 0. The molecule has 0 aliphatic carbocycles. The van der Waals surface area contributed by atoms with E-state index in [2.05, 4.69) is 44.3 Å². The van der Waals surface area contributed by atoms with Crippen LogP contribution in [0.5, 0.6) is 0 Å². The van der Waals surface area contributed by atoms with Crippen LogP contribution in [0.15, 0.2) is 30.3 Å². The molecule has 0 spiro atoms. The first-order valence-corrected chi connectivity index (χ1v) is 6.32. The Balaban J connectivity index is 2.37. The lowest BCUT2D eigenvalue weighted by Gasteiger charge is -2.33. The van der Waals surface area contributed by atoms with Crippen LogP contribution < -0.4 is 5.32 Å². The van der Waals surface area contributed by atoms with Crippen molar-refractivity contribution in [1.29, 1.82) is 0 Å². The van der Waals surface area contributed by atoms with E-state index in [0.717, 1.165) is 12.0 Å². The van der Waals surface area contributed by atoms with Gasteiger partial charge in [-0.1, -0.05) is 24.3 Å². The minimum absolute atomic E-state index is 0.0510. The van der Waals surface area contributed by atoms with E-state index < -0.39 is 0 Å². The summed E-state index contributed by atoms with van der Waals surface area (Å²) in [7, 11) is 0. The van der Waals surface area contributed by atoms with E-state index in [9.17, 15) is 4.79 Å². The zero-order valence-corrected chi connectivity index (χ0v) is 11.0. The molecule has 1 N–H and O–H groups in total. The van der Waals surface area contributed by atoms with Crippen LogP contribution in [0.2, 0.25) is 0 Å². The predicted molar refractivity (Wildman–Crippen MR) is 73.9 cm³/mol. The van der Waals surface area contributed by atoms with Crippen molar-refractivity contribution in [3.8, 4) is 0 Å². The Morgan fingerprint density at radius 2 is 1.83 bits per heavy atom. The number of rotatable bonds is 0. The first-order valence-electron chi connectivity index (χ1n) is 6.32. The van der Waals surface area contributed by atoms with Crippen LogP contribution in [0.1, 0.15) is 35.3 Å². The van der Waals surface area contributed by atoms with Gasteiger partial charge in [0.15, 0.2) is 0 Å². The summed E-state index contributed by atoms with van der Waals surface area (Å²) in [5, 5.41) is 5.53. The zero-order valence-electron chi connectivity index (χ0n) is 11.0. The highest BCUT2D eigenvalue weighted by Gasteiger charge is 2.31. The molecule has 3 rings (SSSR count). The summed E-state index contributed by atoms with van der Waals surface area (Å²) in [6, 6.07) is 10.4. The SMILES string of the molecule is Cc1cc2c(c3ccccc13)CC(C)(C)NC2=O. The summed E-state index contributed by atoms with van der Waals surface area (Å²) >= 11 is 0. The average molecular weight is 239 g/mol. The van der Waals surface area contributed by atoms with E-state index in [1.54, 1.807) is 0 Å². The summed E-state index contributed by atoms with van der Waals surface area (Å²) in [6.07, 6.45) is 0.884. The minimum atomic E-state index is -0.165. The molecule has 92 valence electrons.